The molecule has 6 aliphatic rings. The first-order valence-corrected chi connectivity index (χ1v) is 39.2. The van der Waals surface area contributed by atoms with Crippen molar-refractivity contribution in [3.63, 3.8) is 0 Å². The number of carbonyl (C=O) groups excluding carboxylic acids is 10. The zero-order valence-electron chi connectivity index (χ0n) is 65.5. The SMILES string of the molecule is O=C(CCN(CCNC(=O)c1ccc2c(c1)[C@H]1c3ccccc3[C@@H]2[C@H]2c3ccccc3[C@@H]1c1cc(C(=O)NCCN(CCC(=O)NCCNC(=O)[C@H](O)[C@@H](O)[C@H](O)[C@H](O)CO)CCC(=O)NCCNC(=O)[C@H](O)[C@@H](O)[C@H](O)[C@H](O)CO)ccc12)CCC(=O)NCCNC(=O)[C@H](O)[C@@H](O)[C@H](O)[C@H](O)CO)NCCNC(=O)[C@H](O)[C@@H](O)[C@H](O)[C@H](O)CO. The van der Waals surface area contributed by atoms with E-state index in [1.807, 2.05) is 48.5 Å². The van der Waals surface area contributed by atoms with Crippen LogP contribution in [0.5, 0.6) is 0 Å². The lowest BCUT2D eigenvalue weighted by Crippen LogP contribution is -2.52. The minimum atomic E-state index is -2.22. The van der Waals surface area contributed by atoms with E-state index in [1.165, 1.54) is 0 Å². The molecule has 6 aliphatic carbocycles. The van der Waals surface area contributed by atoms with Crippen LogP contribution in [-0.2, 0) is 38.4 Å². The molecule has 30 N–H and O–H groups in total. The number of aliphatic hydroxyl groups excluding tert-OH is 20. The van der Waals surface area contributed by atoms with Crippen molar-refractivity contribution in [1.29, 1.82) is 0 Å². The molecule has 0 unspecified atom stereocenters. The van der Waals surface area contributed by atoms with Crippen LogP contribution in [0.15, 0.2) is 84.9 Å². The van der Waals surface area contributed by atoms with Crippen molar-refractivity contribution in [3.8, 4) is 0 Å². The second-order valence-electron chi connectivity index (χ2n) is 29.3. The third-order valence-electron chi connectivity index (χ3n) is 21.2. The molecule has 4 aromatic rings. The van der Waals surface area contributed by atoms with Gasteiger partial charge >= 0.3 is 0 Å². The topological polar surface area (TPSA) is 702 Å². The first kappa shape index (κ1) is 97.8. The van der Waals surface area contributed by atoms with Gasteiger partial charge in [-0.1, -0.05) is 60.7 Å². The Balaban J connectivity index is 1.03. The molecule has 0 saturated carbocycles. The van der Waals surface area contributed by atoms with Gasteiger partial charge in [-0.05, 0) is 68.8 Å². The molecule has 0 heterocycles. The van der Waals surface area contributed by atoms with Gasteiger partial charge in [0.15, 0.2) is 24.4 Å². The zero-order chi connectivity index (χ0) is 88.2. The van der Waals surface area contributed by atoms with Gasteiger partial charge in [0.05, 0.1) is 26.4 Å². The van der Waals surface area contributed by atoms with Crippen LogP contribution >= 0.6 is 0 Å². The number of carbonyl (C=O) groups is 10. The van der Waals surface area contributed by atoms with Crippen LogP contribution < -0.4 is 53.2 Å². The average molecular weight is 1700 g/mol. The molecule has 42 nitrogen and oxygen atoms in total. The Bertz CT molecular complexity index is 3700. The molecule has 20 atom stereocenters. The van der Waals surface area contributed by atoms with Crippen molar-refractivity contribution in [2.75, 3.05) is 131 Å². The van der Waals surface area contributed by atoms with Gasteiger partial charge in [0.2, 0.25) is 23.6 Å². The molecule has 0 saturated heterocycles. The van der Waals surface area contributed by atoms with Gasteiger partial charge in [0.25, 0.3) is 35.4 Å². The highest BCUT2D eigenvalue weighted by atomic mass is 16.4. The molecule has 10 rings (SSSR count). The summed E-state index contributed by atoms with van der Waals surface area (Å²) in [4.78, 5) is 135. The minimum Gasteiger partial charge on any atom is -0.394 e. The zero-order valence-corrected chi connectivity index (χ0v) is 65.5. The first-order chi connectivity index (χ1) is 57.2. The van der Waals surface area contributed by atoms with Crippen molar-refractivity contribution in [1.82, 2.24) is 63.0 Å². The van der Waals surface area contributed by atoms with Crippen molar-refractivity contribution < 1.29 is 150 Å². The molecule has 0 fully saturated rings. The minimum absolute atomic E-state index is 0.00816. The third-order valence-corrected chi connectivity index (χ3v) is 21.2. The van der Waals surface area contributed by atoms with E-state index in [0.717, 1.165) is 44.5 Å². The summed E-state index contributed by atoms with van der Waals surface area (Å²) in [6.45, 7) is -5.52. The number of rotatable bonds is 52. The molecule has 42 heteroatoms. The molecule has 120 heavy (non-hydrogen) atoms. The quantitative estimate of drug-likeness (QED) is 0.0183. The summed E-state index contributed by atoms with van der Waals surface area (Å²) in [6, 6.07) is 27.3. The van der Waals surface area contributed by atoms with E-state index in [0.29, 0.717) is 11.1 Å². The van der Waals surface area contributed by atoms with Crippen LogP contribution in [0.3, 0.4) is 0 Å². The number of amides is 10. The summed E-state index contributed by atoms with van der Waals surface area (Å²) in [5, 5.41) is 221. The standard InChI is InChI=1S/C78H112N12O30/c91-35-49(95)61(103)65(107)69(111)75(117)83-21-17-79-53(99)13-27-89(28-14-54(100)80-18-22-84-76(118)70(112)66(108)62(104)50(96)36-92)31-25-87-73(115)39-9-11-45-47(33-39)59-43-7-3-1-5-41(43)57(45)58-42-6-2-4-8-44(42)60(59)48-34-40(10-12-46(48)58)74(116)88-26-32-90(29-15-55(101)81-19-23-85-77(119)71(113)67(109)63(105)51(97)37-93)30-16-56(102)82-20-24-86-78(120)72(114)68(110)64(106)52(98)38-94/h1-12,33-34,49-52,57-72,91-98,103-114H,13-32,35-38H2,(H,79,99)(H,80,100)(H,81,101)(H,82,102)(H,83,117)(H,84,118)(H,85,119)(H,86,120)(H,87,115)(H,88,116)/t49-,50-,51-,52-,57+,58+,59-,60-,61-,62-,63-,64-,65+,66+,67+,68+,69-,70-,71-,72-/m1/s1. The van der Waals surface area contributed by atoms with Gasteiger partial charge in [0, 0.05) is 165 Å². The molecule has 0 aliphatic heterocycles. The van der Waals surface area contributed by atoms with Crippen molar-refractivity contribution in [3.05, 3.63) is 141 Å². The van der Waals surface area contributed by atoms with Crippen molar-refractivity contribution >= 4 is 59.1 Å². The van der Waals surface area contributed by atoms with Crippen LogP contribution in [0.2, 0.25) is 0 Å². The van der Waals surface area contributed by atoms with Gasteiger partial charge in [0.1, 0.15) is 73.2 Å². The summed E-state index contributed by atoms with van der Waals surface area (Å²) >= 11 is 0. The fraction of sp³-hybridized carbons (Fsp3) is 0.564. The van der Waals surface area contributed by atoms with Crippen LogP contribution in [0.4, 0.5) is 0 Å². The van der Waals surface area contributed by atoms with Crippen LogP contribution in [0.25, 0.3) is 0 Å². The van der Waals surface area contributed by atoms with Gasteiger partial charge < -0.3 is 165 Å². The molecule has 664 valence electrons. The summed E-state index contributed by atoms with van der Waals surface area (Å²) in [6.07, 6.45) is -34.0. The lowest BCUT2D eigenvalue weighted by Gasteiger charge is -2.50. The second-order valence-corrected chi connectivity index (χ2v) is 29.3. The van der Waals surface area contributed by atoms with Crippen LogP contribution in [0.1, 0.15) is 115 Å². The Morgan fingerprint density at radius 3 is 0.708 bits per heavy atom. The maximum absolute atomic E-state index is 14.6. The fourth-order valence-electron chi connectivity index (χ4n) is 14.4. The van der Waals surface area contributed by atoms with Crippen LogP contribution in [-0.4, -0.2) is 400 Å². The maximum Gasteiger partial charge on any atom is 0.251 e. The predicted molar refractivity (Wildman–Crippen MR) is 418 cm³/mol. The van der Waals surface area contributed by atoms with E-state index in [-0.39, 0.29) is 142 Å². The van der Waals surface area contributed by atoms with Crippen LogP contribution in [0, 0.1) is 0 Å². The Morgan fingerprint density at radius 1 is 0.258 bits per heavy atom. The fourth-order valence-corrected chi connectivity index (χ4v) is 14.4. The average Bonchev–Trinajstić information content (AvgIpc) is 0.686. The van der Waals surface area contributed by atoms with E-state index in [1.54, 1.807) is 21.9 Å². The van der Waals surface area contributed by atoms with Gasteiger partial charge in [-0.25, -0.2) is 0 Å². The number of nitrogens with zero attached hydrogens (tertiary/aromatic N) is 2. The number of hydrogen-bond donors (Lipinski definition) is 30. The number of hydrogen-bond acceptors (Lipinski definition) is 32. The molecule has 0 radical (unpaired) electrons. The Kier molecular flexibility index (Phi) is 39.0. The van der Waals surface area contributed by atoms with Crippen molar-refractivity contribution in [2.24, 2.45) is 0 Å². The normalized spacial score (nSPS) is 18.9. The molecule has 0 spiro atoms. The van der Waals surface area contributed by atoms with E-state index in [9.17, 15) is 130 Å². The van der Waals surface area contributed by atoms with E-state index in [4.69, 9.17) is 20.4 Å². The second kappa shape index (κ2) is 47.8. The van der Waals surface area contributed by atoms with Gasteiger partial charge in [-0.15, -0.1) is 0 Å². The summed E-state index contributed by atoms with van der Waals surface area (Å²) in [5.74, 6) is -9.18. The van der Waals surface area contributed by atoms with E-state index in [2.05, 4.69) is 77.4 Å². The highest BCUT2D eigenvalue weighted by Gasteiger charge is 2.50. The number of benzene rings is 4. The summed E-state index contributed by atoms with van der Waals surface area (Å²) in [5.41, 5.74) is 8.45. The molecule has 10 amide bonds. The smallest absolute Gasteiger partial charge is 0.251 e. The lowest BCUT2D eigenvalue weighted by molar-refractivity contribution is -0.149. The Hall–Kier alpha value is -9.30. The highest BCUT2D eigenvalue weighted by molar-refractivity contribution is 5.96. The Labute approximate surface area is 688 Å². The number of aliphatic hydroxyl groups is 20. The summed E-state index contributed by atoms with van der Waals surface area (Å²) < 4.78 is 0. The van der Waals surface area contributed by atoms with E-state index >= 15 is 0 Å². The number of nitrogens with one attached hydrogen (secondary N) is 10. The molecular formula is C78H112N12O30. The Morgan fingerprint density at radius 2 is 0.475 bits per heavy atom. The highest BCUT2D eigenvalue weighted by Crippen LogP contribution is 2.64. The maximum atomic E-state index is 14.6. The van der Waals surface area contributed by atoms with Crippen molar-refractivity contribution in [2.45, 2.75) is 147 Å². The molecule has 0 aromatic heterocycles. The molecule has 4 bridgehead atoms. The lowest BCUT2D eigenvalue weighted by atomic mass is 9.53. The summed E-state index contributed by atoms with van der Waals surface area (Å²) in [7, 11) is 0. The molecular weight excluding hydrogens is 1580 g/mol. The van der Waals surface area contributed by atoms with Gasteiger partial charge in [-0.2, -0.15) is 0 Å². The third kappa shape index (κ3) is 26.4. The van der Waals surface area contributed by atoms with E-state index < -0.39 is 195 Å². The monoisotopic (exact) mass is 1700 g/mol. The van der Waals surface area contributed by atoms with Gasteiger partial charge in [-0.3, -0.25) is 47.9 Å². The first-order valence-electron chi connectivity index (χ1n) is 39.2. The molecule has 4 aromatic carbocycles. The largest absolute Gasteiger partial charge is 0.394 e. The predicted octanol–water partition coefficient (Wildman–Crippen LogP) is -13.1.